The molecule has 4 heterocycles. The van der Waals surface area contributed by atoms with Crippen molar-refractivity contribution >= 4 is 17.5 Å². The summed E-state index contributed by atoms with van der Waals surface area (Å²) in [4.78, 5) is 34.6. The van der Waals surface area contributed by atoms with E-state index in [1.54, 1.807) is 18.6 Å². The molecule has 4 rings (SSSR count). The first-order valence-corrected chi connectivity index (χ1v) is 9.41. The summed E-state index contributed by atoms with van der Waals surface area (Å²) < 4.78 is 0. The average molecular weight is 367 g/mol. The van der Waals surface area contributed by atoms with E-state index in [-0.39, 0.29) is 5.91 Å². The van der Waals surface area contributed by atoms with E-state index in [9.17, 15) is 4.79 Å². The third-order valence-corrected chi connectivity index (χ3v) is 5.22. The minimum absolute atomic E-state index is 0.0481. The number of piperazine rings is 2. The molecule has 2 aromatic rings. The number of rotatable bonds is 3. The molecule has 0 unspecified atom stereocenters. The Labute approximate surface area is 159 Å². The van der Waals surface area contributed by atoms with Crippen LogP contribution in [0.2, 0.25) is 0 Å². The molecule has 2 fully saturated rings. The number of hydrogen-bond donors (Lipinski definition) is 0. The molecular weight excluding hydrogens is 342 g/mol. The molecule has 0 radical (unpaired) electrons. The van der Waals surface area contributed by atoms with E-state index in [0.717, 1.165) is 50.9 Å². The maximum atomic E-state index is 12.7. The van der Waals surface area contributed by atoms with Gasteiger partial charge in [-0.15, -0.1) is 0 Å². The molecule has 0 N–H and O–H groups in total. The lowest BCUT2D eigenvalue weighted by Crippen LogP contribution is -2.49. The van der Waals surface area contributed by atoms with Crippen molar-refractivity contribution in [1.82, 2.24) is 24.8 Å². The van der Waals surface area contributed by atoms with Crippen LogP contribution in [0.3, 0.4) is 0 Å². The quantitative estimate of drug-likeness (QED) is 0.786. The molecule has 8 heteroatoms. The van der Waals surface area contributed by atoms with Crippen LogP contribution in [0, 0.1) is 0 Å². The van der Waals surface area contributed by atoms with Gasteiger partial charge in [-0.3, -0.25) is 4.79 Å². The summed E-state index contributed by atoms with van der Waals surface area (Å²) in [5.74, 6) is 1.76. The normalized spacial score (nSPS) is 18.6. The predicted molar refractivity (Wildman–Crippen MR) is 104 cm³/mol. The molecular formula is C19H25N7O. The molecule has 0 aliphatic carbocycles. The molecule has 2 aromatic heterocycles. The van der Waals surface area contributed by atoms with Crippen molar-refractivity contribution in [3.63, 3.8) is 0 Å². The number of likely N-dealkylation sites (N-methyl/N-ethyl adjacent to an activating group) is 1. The second-order valence-electron chi connectivity index (χ2n) is 7.02. The monoisotopic (exact) mass is 367 g/mol. The minimum atomic E-state index is -0.0481. The summed E-state index contributed by atoms with van der Waals surface area (Å²) in [6.07, 6.45) is 5.13. The number of carbonyl (C=O) groups excluding carboxylic acids is 1. The third-order valence-electron chi connectivity index (χ3n) is 5.22. The smallest absolute Gasteiger partial charge is 0.274 e. The van der Waals surface area contributed by atoms with Gasteiger partial charge < -0.3 is 19.6 Å². The Hall–Kier alpha value is -2.74. The van der Waals surface area contributed by atoms with Crippen LogP contribution in [-0.2, 0) is 0 Å². The van der Waals surface area contributed by atoms with Gasteiger partial charge >= 0.3 is 0 Å². The second-order valence-corrected chi connectivity index (χ2v) is 7.02. The Morgan fingerprint density at radius 2 is 1.52 bits per heavy atom. The van der Waals surface area contributed by atoms with E-state index in [4.69, 9.17) is 0 Å². The molecule has 0 aromatic carbocycles. The van der Waals surface area contributed by atoms with E-state index in [0.29, 0.717) is 18.8 Å². The van der Waals surface area contributed by atoms with Gasteiger partial charge in [0.2, 0.25) is 0 Å². The zero-order valence-corrected chi connectivity index (χ0v) is 15.7. The Balaban J connectivity index is 1.35. The van der Waals surface area contributed by atoms with Crippen molar-refractivity contribution in [2.45, 2.75) is 0 Å². The van der Waals surface area contributed by atoms with Crippen LogP contribution in [0.5, 0.6) is 0 Å². The lowest BCUT2D eigenvalue weighted by Gasteiger charge is -2.35. The molecule has 0 atom stereocenters. The minimum Gasteiger partial charge on any atom is -0.353 e. The van der Waals surface area contributed by atoms with Gasteiger partial charge in [0.25, 0.3) is 5.91 Å². The highest BCUT2D eigenvalue weighted by Gasteiger charge is 2.24. The van der Waals surface area contributed by atoms with Crippen molar-refractivity contribution in [3.8, 4) is 0 Å². The number of amides is 1. The number of nitrogens with zero attached hydrogens (tertiary/aromatic N) is 7. The van der Waals surface area contributed by atoms with Crippen LogP contribution in [-0.4, -0.2) is 90.1 Å². The maximum absolute atomic E-state index is 12.7. The zero-order valence-electron chi connectivity index (χ0n) is 15.7. The largest absolute Gasteiger partial charge is 0.353 e. The van der Waals surface area contributed by atoms with E-state index in [2.05, 4.69) is 36.7 Å². The number of pyridine rings is 1. The molecule has 0 saturated carbocycles. The molecule has 142 valence electrons. The first-order valence-electron chi connectivity index (χ1n) is 9.41. The molecule has 8 nitrogen and oxygen atoms in total. The van der Waals surface area contributed by atoms with Crippen LogP contribution in [0.1, 0.15) is 10.5 Å². The molecule has 2 aliphatic rings. The Kier molecular flexibility index (Phi) is 5.15. The number of anilines is 2. The number of aromatic nitrogens is 3. The van der Waals surface area contributed by atoms with Crippen LogP contribution in [0.25, 0.3) is 0 Å². The molecule has 27 heavy (non-hydrogen) atoms. The van der Waals surface area contributed by atoms with Crippen molar-refractivity contribution in [1.29, 1.82) is 0 Å². The summed E-state index contributed by atoms with van der Waals surface area (Å²) >= 11 is 0. The zero-order chi connectivity index (χ0) is 18.6. The highest BCUT2D eigenvalue weighted by atomic mass is 16.2. The van der Waals surface area contributed by atoms with E-state index in [1.807, 2.05) is 23.1 Å². The second kappa shape index (κ2) is 7.87. The topological polar surface area (TPSA) is 68.7 Å². The lowest BCUT2D eigenvalue weighted by atomic mass is 10.2. The Morgan fingerprint density at radius 3 is 2.15 bits per heavy atom. The van der Waals surface area contributed by atoms with Crippen LogP contribution >= 0.6 is 0 Å². The van der Waals surface area contributed by atoms with Crippen LogP contribution < -0.4 is 9.80 Å². The maximum Gasteiger partial charge on any atom is 0.274 e. The summed E-state index contributed by atoms with van der Waals surface area (Å²) in [5, 5.41) is 0. The highest BCUT2D eigenvalue weighted by Crippen LogP contribution is 2.15. The van der Waals surface area contributed by atoms with Crippen molar-refractivity contribution < 1.29 is 4.79 Å². The van der Waals surface area contributed by atoms with Crippen molar-refractivity contribution in [3.05, 3.63) is 42.5 Å². The van der Waals surface area contributed by atoms with Gasteiger partial charge in [0.05, 0.1) is 12.4 Å². The summed E-state index contributed by atoms with van der Waals surface area (Å²) in [6, 6.07) is 5.89. The first-order chi connectivity index (χ1) is 13.2. The third kappa shape index (κ3) is 4.00. The van der Waals surface area contributed by atoms with E-state index < -0.39 is 0 Å². The van der Waals surface area contributed by atoms with Gasteiger partial charge in [0.1, 0.15) is 17.3 Å². The standard InChI is InChI=1S/C19H25N7O/c1-23-6-8-25(9-7-23)18-15-21-16(14-22-18)19(27)26-12-10-24(11-13-26)17-4-2-3-5-20-17/h2-5,14-15H,6-13H2,1H3. The molecule has 0 bridgehead atoms. The fraction of sp³-hybridized carbons (Fsp3) is 0.474. The van der Waals surface area contributed by atoms with E-state index in [1.165, 1.54) is 0 Å². The van der Waals surface area contributed by atoms with Crippen LogP contribution in [0.4, 0.5) is 11.6 Å². The average Bonchev–Trinajstić information content (AvgIpc) is 2.75. The van der Waals surface area contributed by atoms with Gasteiger partial charge in [0.15, 0.2) is 0 Å². The molecule has 2 aliphatic heterocycles. The highest BCUT2D eigenvalue weighted by molar-refractivity contribution is 5.92. The molecule has 0 spiro atoms. The van der Waals surface area contributed by atoms with Gasteiger partial charge in [-0.1, -0.05) is 6.07 Å². The predicted octanol–water partition coefficient (Wildman–Crippen LogP) is 0.586. The fourth-order valence-electron chi connectivity index (χ4n) is 3.47. The Bertz CT molecular complexity index is 751. The molecule has 2 saturated heterocycles. The summed E-state index contributed by atoms with van der Waals surface area (Å²) in [6.45, 7) is 6.79. The Morgan fingerprint density at radius 1 is 0.815 bits per heavy atom. The number of carbonyl (C=O) groups is 1. The summed E-state index contributed by atoms with van der Waals surface area (Å²) in [7, 11) is 2.12. The van der Waals surface area contributed by atoms with Crippen molar-refractivity contribution in [2.24, 2.45) is 0 Å². The SMILES string of the molecule is CN1CCN(c2cnc(C(=O)N3CCN(c4ccccn4)CC3)cn2)CC1. The first kappa shape index (κ1) is 17.7. The van der Waals surface area contributed by atoms with Gasteiger partial charge in [-0.25, -0.2) is 15.0 Å². The molecule has 1 amide bonds. The van der Waals surface area contributed by atoms with Gasteiger partial charge in [-0.05, 0) is 19.2 Å². The van der Waals surface area contributed by atoms with Gasteiger partial charge in [0, 0.05) is 58.6 Å². The van der Waals surface area contributed by atoms with Crippen molar-refractivity contribution in [2.75, 3.05) is 69.2 Å². The van der Waals surface area contributed by atoms with Gasteiger partial charge in [-0.2, -0.15) is 0 Å². The van der Waals surface area contributed by atoms with Crippen LogP contribution in [0.15, 0.2) is 36.8 Å². The summed E-state index contributed by atoms with van der Waals surface area (Å²) in [5.41, 5.74) is 0.416. The number of hydrogen-bond acceptors (Lipinski definition) is 7. The lowest BCUT2D eigenvalue weighted by molar-refractivity contribution is 0.0740. The fourth-order valence-corrected chi connectivity index (χ4v) is 3.47. The van der Waals surface area contributed by atoms with E-state index >= 15 is 0 Å².